The van der Waals surface area contributed by atoms with Crippen LogP contribution in [0.15, 0.2) is 42.7 Å². The van der Waals surface area contributed by atoms with Crippen LogP contribution in [0.3, 0.4) is 0 Å². The second kappa shape index (κ2) is 5.46. The molecule has 0 bridgehead atoms. The molecule has 2 rings (SSSR count). The van der Waals surface area contributed by atoms with Crippen LogP contribution < -0.4 is 0 Å². The van der Waals surface area contributed by atoms with E-state index in [-0.39, 0.29) is 12.5 Å². The van der Waals surface area contributed by atoms with Gasteiger partial charge in [0.25, 0.3) is 5.91 Å². The topological polar surface area (TPSA) is 58.4 Å². The number of likely N-dealkylation sites (N-methyl/N-ethyl adjacent to an activating group) is 1. The van der Waals surface area contributed by atoms with Crippen LogP contribution in [-0.2, 0) is 0 Å². The van der Waals surface area contributed by atoms with Gasteiger partial charge in [-0.1, -0.05) is 0 Å². The van der Waals surface area contributed by atoms with Crippen LogP contribution in [0.2, 0.25) is 0 Å². The molecule has 1 aromatic heterocycles. The van der Waals surface area contributed by atoms with Gasteiger partial charge in [-0.15, -0.1) is 0 Å². The molecule has 0 fully saturated rings. The number of rotatable bonds is 4. The van der Waals surface area contributed by atoms with Crippen molar-refractivity contribution in [2.24, 2.45) is 0 Å². The molecular formula is C15H19N3O2. The highest BCUT2D eigenvalue weighted by Crippen LogP contribution is 2.16. The summed E-state index contributed by atoms with van der Waals surface area (Å²) in [5.41, 5.74) is 0.901. The second-order valence-electron chi connectivity index (χ2n) is 5.33. The van der Waals surface area contributed by atoms with Crippen LogP contribution >= 0.6 is 0 Å². The maximum Gasteiger partial charge on any atom is 0.254 e. The van der Waals surface area contributed by atoms with E-state index in [1.54, 1.807) is 35.0 Å². The van der Waals surface area contributed by atoms with Crippen molar-refractivity contribution in [2.45, 2.75) is 19.4 Å². The molecule has 0 unspecified atom stereocenters. The van der Waals surface area contributed by atoms with Crippen molar-refractivity contribution in [1.29, 1.82) is 0 Å². The first-order chi connectivity index (χ1) is 9.45. The van der Waals surface area contributed by atoms with Gasteiger partial charge in [0.05, 0.1) is 17.8 Å². The quantitative estimate of drug-likeness (QED) is 0.922. The van der Waals surface area contributed by atoms with Crippen molar-refractivity contribution in [1.82, 2.24) is 14.7 Å². The summed E-state index contributed by atoms with van der Waals surface area (Å²) in [5, 5.41) is 13.5. The molecule has 0 aliphatic rings. The van der Waals surface area contributed by atoms with Gasteiger partial charge >= 0.3 is 0 Å². The van der Waals surface area contributed by atoms with Crippen molar-refractivity contribution in [3.8, 4) is 5.69 Å². The summed E-state index contributed by atoms with van der Waals surface area (Å²) >= 11 is 0. The van der Waals surface area contributed by atoms with Gasteiger partial charge in [-0.05, 0) is 44.2 Å². The van der Waals surface area contributed by atoms with Crippen molar-refractivity contribution in [3.05, 3.63) is 48.3 Å². The van der Waals surface area contributed by atoms with Crippen LogP contribution in [0.5, 0.6) is 0 Å². The van der Waals surface area contributed by atoms with E-state index in [2.05, 4.69) is 5.10 Å². The Morgan fingerprint density at radius 2 is 2.00 bits per heavy atom. The van der Waals surface area contributed by atoms with E-state index >= 15 is 0 Å². The van der Waals surface area contributed by atoms with Gasteiger partial charge in [-0.25, -0.2) is 4.68 Å². The molecule has 5 nitrogen and oxygen atoms in total. The Morgan fingerprint density at radius 1 is 1.35 bits per heavy atom. The fourth-order valence-corrected chi connectivity index (χ4v) is 1.75. The zero-order chi connectivity index (χ0) is 14.8. The lowest BCUT2D eigenvalue weighted by molar-refractivity contribution is 0.0473. The molecule has 0 aliphatic heterocycles. The van der Waals surface area contributed by atoms with Gasteiger partial charge in [0.1, 0.15) is 0 Å². The van der Waals surface area contributed by atoms with Gasteiger partial charge < -0.3 is 10.0 Å². The molecule has 106 valence electrons. The summed E-state index contributed by atoms with van der Waals surface area (Å²) in [5.74, 6) is -0.115. The van der Waals surface area contributed by atoms with E-state index in [9.17, 15) is 9.90 Å². The number of benzene rings is 1. The zero-order valence-corrected chi connectivity index (χ0v) is 11.9. The first kappa shape index (κ1) is 14.3. The Morgan fingerprint density at radius 3 is 2.50 bits per heavy atom. The minimum absolute atomic E-state index is 0.0827. The highest BCUT2D eigenvalue weighted by atomic mass is 16.3. The molecule has 2 aromatic rings. The minimum Gasteiger partial charge on any atom is -0.394 e. The molecule has 5 heteroatoms. The molecule has 0 saturated heterocycles. The van der Waals surface area contributed by atoms with Gasteiger partial charge in [0.15, 0.2) is 0 Å². The fraction of sp³-hybridized carbons (Fsp3) is 0.333. The lowest BCUT2D eigenvalue weighted by Crippen LogP contribution is -2.47. The third kappa shape index (κ3) is 2.72. The summed E-state index contributed by atoms with van der Waals surface area (Å²) in [4.78, 5) is 13.9. The fourth-order valence-electron chi connectivity index (χ4n) is 1.75. The number of nitrogens with zero attached hydrogens (tertiary/aromatic N) is 3. The lowest BCUT2D eigenvalue weighted by atomic mass is 10.0. The van der Waals surface area contributed by atoms with Gasteiger partial charge in [0.2, 0.25) is 0 Å². The average molecular weight is 273 g/mol. The average Bonchev–Trinajstić information content (AvgIpc) is 3.00. The van der Waals surface area contributed by atoms with Gasteiger partial charge in [-0.2, -0.15) is 5.10 Å². The standard InChI is InChI=1S/C15H19N3O2/c1-15(2,11-19)17(3)14(20)12-5-7-13(8-6-12)18-10-4-9-16-18/h4-10,19H,11H2,1-3H3. The van der Waals surface area contributed by atoms with Gasteiger partial charge in [0, 0.05) is 25.0 Å². The molecule has 0 radical (unpaired) electrons. The number of hydrogen-bond donors (Lipinski definition) is 1. The predicted molar refractivity (Wildman–Crippen MR) is 76.8 cm³/mol. The first-order valence-corrected chi connectivity index (χ1v) is 6.45. The summed E-state index contributed by atoms with van der Waals surface area (Å²) in [6.07, 6.45) is 3.55. The molecule has 0 spiro atoms. The summed E-state index contributed by atoms with van der Waals surface area (Å²) in [6, 6.07) is 9.07. The monoisotopic (exact) mass is 273 g/mol. The molecule has 1 amide bonds. The SMILES string of the molecule is CN(C(=O)c1ccc(-n2cccn2)cc1)C(C)(C)CO. The Hall–Kier alpha value is -2.14. The normalized spacial score (nSPS) is 11.4. The van der Waals surface area contributed by atoms with E-state index in [1.165, 1.54) is 0 Å². The molecule has 20 heavy (non-hydrogen) atoms. The maximum atomic E-state index is 12.3. The molecule has 1 N–H and O–H groups in total. The number of amides is 1. The van der Waals surface area contributed by atoms with Crippen molar-refractivity contribution >= 4 is 5.91 Å². The number of aliphatic hydroxyl groups is 1. The molecule has 0 aliphatic carbocycles. The Balaban J connectivity index is 2.20. The Bertz CT molecular complexity index is 574. The van der Waals surface area contributed by atoms with Crippen LogP contribution in [0.1, 0.15) is 24.2 Å². The van der Waals surface area contributed by atoms with Crippen LogP contribution in [0.25, 0.3) is 5.69 Å². The number of hydrogen-bond acceptors (Lipinski definition) is 3. The summed E-state index contributed by atoms with van der Waals surface area (Å²) < 4.78 is 1.73. The minimum atomic E-state index is -0.586. The number of carbonyl (C=O) groups excluding carboxylic acids is 1. The molecule has 0 atom stereocenters. The summed E-state index contributed by atoms with van der Waals surface area (Å²) in [6.45, 7) is 3.56. The number of aromatic nitrogens is 2. The van der Waals surface area contributed by atoms with Crippen LogP contribution in [0, 0.1) is 0 Å². The van der Waals surface area contributed by atoms with E-state index in [0.29, 0.717) is 5.56 Å². The number of aliphatic hydroxyl groups excluding tert-OH is 1. The summed E-state index contributed by atoms with van der Waals surface area (Å²) in [7, 11) is 1.69. The highest BCUT2D eigenvalue weighted by molar-refractivity contribution is 5.94. The van der Waals surface area contributed by atoms with Crippen molar-refractivity contribution in [2.75, 3.05) is 13.7 Å². The van der Waals surface area contributed by atoms with E-state index in [1.807, 2.05) is 38.2 Å². The van der Waals surface area contributed by atoms with Gasteiger partial charge in [-0.3, -0.25) is 4.79 Å². The van der Waals surface area contributed by atoms with Crippen molar-refractivity contribution in [3.63, 3.8) is 0 Å². The maximum absolute atomic E-state index is 12.3. The number of carbonyl (C=O) groups is 1. The van der Waals surface area contributed by atoms with E-state index in [4.69, 9.17) is 0 Å². The van der Waals surface area contributed by atoms with Crippen molar-refractivity contribution < 1.29 is 9.90 Å². The van der Waals surface area contributed by atoms with Crippen LogP contribution in [-0.4, -0.2) is 44.9 Å². The third-order valence-corrected chi connectivity index (χ3v) is 3.48. The lowest BCUT2D eigenvalue weighted by Gasteiger charge is -2.34. The Kier molecular flexibility index (Phi) is 3.90. The van der Waals surface area contributed by atoms with E-state index < -0.39 is 5.54 Å². The first-order valence-electron chi connectivity index (χ1n) is 6.45. The smallest absolute Gasteiger partial charge is 0.254 e. The Labute approximate surface area is 118 Å². The van der Waals surface area contributed by atoms with Crippen LogP contribution in [0.4, 0.5) is 0 Å². The third-order valence-electron chi connectivity index (χ3n) is 3.48. The highest BCUT2D eigenvalue weighted by Gasteiger charge is 2.27. The molecule has 0 saturated carbocycles. The molecule has 1 heterocycles. The predicted octanol–water partition coefficient (Wildman–Crippen LogP) is 1.72. The largest absolute Gasteiger partial charge is 0.394 e. The second-order valence-corrected chi connectivity index (χ2v) is 5.33. The molecular weight excluding hydrogens is 254 g/mol. The zero-order valence-electron chi connectivity index (χ0n) is 11.9. The molecule has 1 aromatic carbocycles. The van der Waals surface area contributed by atoms with E-state index in [0.717, 1.165) is 5.69 Å².